The first-order valence-electron chi connectivity index (χ1n) is 8.19. The Bertz CT molecular complexity index is 621. The number of anilines is 1. The maximum Gasteiger partial charge on any atom is 0.494 e. The van der Waals surface area contributed by atoms with Crippen LogP contribution in [-0.2, 0) is 14.0 Å². The van der Waals surface area contributed by atoms with Crippen molar-refractivity contribution in [3.05, 3.63) is 24.0 Å². The molecule has 0 aromatic heterocycles. The van der Waals surface area contributed by atoms with E-state index in [-0.39, 0.29) is 11.2 Å². The molecule has 0 amide bonds. The third-order valence-corrected chi connectivity index (χ3v) is 5.71. The molecule has 1 aromatic carbocycles. The summed E-state index contributed by atoms with van der Waals surface area (Å²) in [6.07, 6.45) is 0. The monoisotopic (exact) mass is 319 g/mol. The number of hydrogen-bond donors (Lipinski definition) is 0. The molecule has 3 heterocycles. The molecule has 4 nitrogen and oxygen atoms in total. The minimum absolute atomic E-state index is 0.215. The van der Waals surface area contributed by atoms with Gasteiger partial charge in [-0.15, -0.1) is 0 Å². The van der Waals surface area contributed by atoms with Gasteiger partial charge >= 0.3 is 7.12 Å². The lowest BCUT2D eigenvalue weighted by Crippen LogP contribution is -2.66. The Balaban J connectivity index is 1.51. The van der Waals surface area contributed by atoms with E-state index in [4.69, 9.17) is 14.0 Å². The summed E-state index contributed by atoms with van der Waals surface area (Å²) < 4.78 is 31.8. The van der Waals surface area contributed by atoms with Gasteiger partial charge in [0, 0.05) is 13.1 Å². The zero-order valence-corrected chi connectivity index (χ0v) is 14.2. The molecule has 124 valence electrons. The summed E-state index contributed by atoms with van der Waals surface area (Å²) in [6.45, 7) is 11.3. The average molecular weight is 319 g/mol. The first-order valence-corrected chi connectivity index (χ1v) is 8.19. The van der Waals surface area contributed by atoms with Crippen LogP contribution in [0.15, 0.2) is 18.2 Å². The van der Waals surface area contributed by atoms with E-state index in [1.165, 1.54) is 0 Å². The van der Waals surface area contributed by atoms with Gasteiger partial charge in [-0.05, 0) is 45.3 Å². The van der Waals surface area contributed by atoms with E-state index in [9.17, 15) is 4.39 Å². The van der Waals surface area contributed by atoms with Crippen LogP contribution >= 0.6 is 0 Å². The quantitative estimate of drug-likeness (QED) is 0.780. The standard InChI is InChI=1S/C17H23BFNO3/c1-15(2)16(3,4)23-18(22-15)12-5-6-14(13(19)7-12)20-8-17(9-20)10-21-11-17/h5-7H,8-11H2,1-4H3. The van der Waals surface area contributed by atoms with Crippen LogP contribution < -0.4 is 10.4 Å². The maximum atomic E-state index is 14.5. The molecule has 3 fully saturated rings. The highest BCUT2D eigenvalue weighted by Crippen LogP contribution is 2.41. The minimum Gasteiger partial charge on any atom is -0.399 e. The average Bonchev–Trinajstić information content (AvgIpc) is 2.57. The number of ether oxygens (including phenoxy) is 1. The molecular weight excluding hydrogens is 296 g/mol. The molecule has 6 heteroatoms. The fraction of sp³-hybridized carbons (Fsp3) is 0.647. The molecule has 0 aliphatic carbocycles. The minimum atomic E-state index is -0.522. The first-order chi connectivity index (χ1) is 10.7. The molecule has 0 saturated carbocycles. The normalized spacial score (nSPS) is 27.0. The molecule has 0 bridgehead atoms. The van der Waals surface area contributed by atoms with Crippen LogP contribution in [0.4, 0.5) is 10.1 Å². The lowest BCUT2D eigenvalue weighted by Gasteiger charge is -2.56. The highest BCUT2D eigenvalue weighted by Gasteiger charge is 2.52. The van der Waals surface area contributed by atoms with Crippen molar-refractivity contribution < 1.29 is 18.4 Å². The zero-order valence-electron chi connectivity index (χ0n) is 14.2. The summed E-state index contributed by atoms with van der Waals surface area (Å²) in [5.74, 6) is -0.215. The number of rotatable bonds is 2. The van der Waals surface area contributed by atoms with Crippen molar-refractivity contribution in [1.29, 1.82) is 0 Å². The van der Waals surface area contributed by atoms with Gasteiger partial charge in [0.25, 0.3) is 0 Å². The van der Waals surface area contributed by atoms with E-state index in [0.717, 1.165) is 31.8 Å². The predicted octanol–water partition coefficient (Wildman–Crippen LogP) is 1.96. The highest BCUT2D eigenvalue weighted by molar-refractivity contribution is 6.62. The van der Waals surface area contributed by atoms with Crippen molar-refractivity contribution in [3.63, 3.8) is 0 Å². The van der Waals surface area contributed by atoms with Gasteiger partial charge < -0.3 is 18.9 Å². The van der Waals surface area contributed by atoms with E-state index >= 15 is 0 Å². The lowest BCUT2D eigenvalue weighted by atomic mass is 9.76. The molecule has 3 aliphatic heterocycles. The molecular formula is C17H23BFNO3. The topological polar surface area (TPSA) is 30.9 Å². The Labute approximate surface area is 137 Å². The maximum absolute atomic E-state index is 14.5. The molecule has 0 atom stereocenters. The first kappa shape index (κ1) is 15.4. The summed E-state index contributed by atoms with van der Waals surface area (Å²) in [6, 6.07) is 5.28. The van der Waals surface area contributed by atoms with Gasteiger partial charge in [-0.2, -0.15) is 0 Å². The van der Waals surface area contributed by atoms with Crippen molar-refractivity contribution in [3.8, 4) is 0 Å². The molecule has 1 aromatic rings. The largest absolute Gasteiger partial charge is 0.494 e. The Morgan fingerprint density at radius 1 is 1.04 bits per heavy atom. The van der Waals surface area contributed by atoms with Crippen molar-refractivity contribution in [2.45, 2.75) is 38.9 Å². The summed E-state index contributed by atoms with van der Waals surface area (Å²) in [5.41, 5.74) is 0.827. The summed E-state index contributed by atoms with van der Waals surface area (Å²) in [7, 11) is -0.522. The Morgan fingerprint density at radius 2 is 1.65 bits per heavy atom. The van der Waals surface area contributed by atoms with Gasteiger partial charge in [0.15, 0.2) is 0 Å². The summed E-state index contributed by atoms with van der Waals surface area (Å²) >= 11 is 0. The van der Waals surface area contributed by atoms with Gasteiger partial charge in [0.1, 0.15) is 5.82 Å². The molecule has 0 radical (unpaired) electrons. The Morgan fingerprint density at radius 3 is 2.13 bits per heavy atom. The van der Waals surface area contributed by atoms with Crippen LogP contribution in [0.5, 0.6) is 0 Å². The van der Waals surface area contributed by atoms with E-state index in [0.29, 0.717) is 5.69 Å². The second-order valence-electron chi connectivity index (χ2n) is 8.15. The van der Waals surface area contributed by atoms with Crippen molar-refractivity contribution in [2.75, 3.05) is 31.2 Å². The second kappa shape index (κ2) is 4.71. The third kappa shape index (κ3) is 2.30. The molecule has 3 saturated heterocycles. The van der Waals surface area contributed by atoms with E-state index in [1.54, 1.807) is 6.07 Å². The Kier molecular flexibility index (Phi) is 3.16. The van der Waals surface area contributed by atoms with Crippen molar-refractivity contribution in [1.82, 2.24) is 0 Å². The third-order valence-electron chi connectivity index (χ3n) is 5.71. The van der Waals surface area contributed by atoms with Gasteiger partial charge in [-0.3, -0.25) is 0 Å². The van der Waals surface area contributed by atoms with E-state index in [1.807, 2.05) is 39.8 Å². The van der Waals surface area contributed by atoms with Crippen LogP contribution in [-0.4, -0.2) is 44.6 Å². The summed E-state index contributed by atoms with van der Waals surface area (Å²) in [4.78, 5) is 2.08. The molecule has 1 spiro atoms. The fourth-order valence-corrected chi connectivity index (χ4v) is 3.41. The van der Waals surface area contributed by atoms with Gasteiger partial charge in [-0.25, -0.2) is 4.39 Å². The molecule has 4 rings (SSSR count). The summed E-state index contributed by atoms with van der Waals surface area (Å²) in [5, 5.41) is 0. The van der Waals surface area contributed by atoms with Crippen molar-refractivity contribution >= 4 is 18.3 Å². The van der Waals surface area contributed by atoms with Gasteiger partial charge in [0.2, 0.25) is 0 Å². The number of hydrogen-bond acceptors (Lipinski definition) is 4. The van der Waals surface area contributed by atoms with E-state index < -0.39 is 18.3 Å². The van der Waals surface area contributed by atoms with E-state index in [2.05, 4.69) is 4.90 Å². The SMILES string of the molecule is CC1(C)OB(c2ccc(N3CC4(COC4)C3)c(F)c2)OC1(C)C. The Hall–Kier alpha value is -1.11. The van der Waals surface area contributed by atoms with Gasteiger partial charge in [-0.1, -0.05) is 6.07 Å². The number of benzene rings is 1. The number of nitrogens with zero attached hydrogens (tertiary/aromatic N) is 1. The lowest BCUT2D eigenvalue weighted by molar-refractivity contribution is -0.127. The zero-order chi connectivity index (χ0) is 16.5. The second-order valence-corrected chi connectivity index (χ2v) is 8.15. The molecule has 0 N–H and O–H groups in total. The van der Waals surface area contributed by atoms with Crippen molar-refractivity contribution in [2.24, 2.45) is 5.41 Å². The van der Waals surface area contributed by atoms with Crippen LogP contribution in [0, 0.1) is 11.2 Å². The van der Waals surface area contributed by atoms with Crippen LogP contribution in [0.3, 0.4) is 0 Å². The van der Waals surface area contributed by atoms with Gasteiger partial charge in [0.05, 0.1) is 35.5 Å². The predicted molar refractivity (Wildman–Crippen MR) is 87.6 cm³/mol. The smallest absolute Gasteiger partial charge is 0.399 e. The molecule has 3 aliphatic rings. The number of halogens is 1. The van der Waals surface area contributed by atoms with Crippen LogP contribution in [0.25, 0.3) is 0 Å². The fourth-order valence-electron chi connectivity index (χ4n) is 3.41. The molecule has 0 unspecified atom stereocenters. The molecule has 23 heavy (non-hydrogen) atoms. The highest BCUT2D eigenvalue weighted by atomic mass is 19.1. The van der Waals surface area contributed by atoms with Crippen LogP contribution in [0.2, 0.25) is 0 Å². The van der Waals surface area contributed by atoms with Crippen LogP contribution in [0.1, 0.15) is 27.7 Å².